The minimum absolute atomic E-state index is 0.0315. The van der Waals surface area contributed by atoms with Crippen LogP contribution in [0.2, 0.25) is 0 Å². The van der Waals surface area contributed by atoms with Gasteiger partial charge in [-0.2, -0.15) is 0 Å². The number of anilines is 1. The number of hydrogen-bond donors (Lipinski definition) is 1. The first kappa shape index (κ1) is 29.8. The van der Waals surface area contributed by atoms with Gasteiger partial charge < -0.3 is 10.2 Å². The number of rotatable bonds is 13. The molecule has 0 saturated carbocycles. The number of hydrogen-bond acceptors (Lipinski definition) is 4. The highest BCUT2D eigenvalue weighted by molar-refractivity contribution is 7.92. The zero-order valence-electron chi connectivity index (χ0n) is 22.6. The van der Waals surface area contributed by atoms with Crippen LogP contribution >= 0.6 is 0 Å². The number of aryl methyl sites for hydroxylation is 1. The Balaban J connectivity index is 1.86. The summed E-state index contributed by atoms with van der Waals surface area (Å²) in [5, 5.41) is 2.87. The summed E-state index contributed by atoms with van der Waals surface area (Å²) >= 11 is 0. The first-order valence-electron chi connectivity index (χ1n) is 13.0. The number of nitrogens with one attached hydrogen (secondary N) is 1. The Labute approximate surface area is 230 Å². The monoisotopic (exact) mass is 553 g/mol. The maximum Gasteiger partial charge on any atom is 0.243 e. The van der Waals surface area contributed by atoms with Crippen molar-refractivity contribution in [2.24, 2.45) is 0 Å². The van der Waals surface area contributed by atoms with Crippen LogP contribution in [0.5, 0.6) is 0 Å². The predicted octanol–water partition coefficient (Wildman–Crippen LogP) is 4.46. The molecule has 0 spiro atoms. The molecule has 3 aromatic rings. The maximum atomic E-state index is 13.7. The average molecular weight is 554 g/mol. The van der Waals surface area contributed by atoms with E-state index in [-0.39, 0.29) is 37.7 Å². The highest BCUT2D eigenvalue weighted by Gasteiger charge is 2.30. The van der Waals surface area contributed by atoms with Gasteiger partial charge in [0.2, 0.25) is 21.8 Å². The zero-order valence-corrected chi connectivity index (χ0v) is 23.5. The van der Waals surface area contributed by atoms with Gasteiger partial charge in [0.15, 0.2) is 0 Å². The molecular formula is C30H36FN3O4S. The smallest absolute Gasteiger partial charge is 0.243 e. The van der Waals surface area contributed by atoms with E-state index in [1.807, 2.05) is 68.4 Å². The molecule has 0 fully saturated rings. The number of likely N-dealkylation sites (N-methyl/N-ethyl adjacent to an activating group) is 1. The van der Waals surface area contributed by atoms with Crippen LogP contribution in [0.3, 0.4) is 0 Å². The second-order valence-electron chi connectivity index (χ2n) is 9.46. The lowest BCUT2D eigenvalue weighted by Crippen LogP contribution is -2.50. The number of carbonyl (C=O) groups excluding carboxylic acids is 2. The van der Waals surface area contributed by atoms with E-state index in [1.54, 1.807) is 4.90 Å². The van der Waals surface area contributed by atoms with E-state index in [2.05, 4.69) is 5.32 Å². The van der Waals surface area contributed by atoms with Gasteiger partial charge in [0.1, 0.15) is 11.9 Å². The lowest BCUT2D eigenvalue weighted by molar-refractivity contribution is -0.141. The normalized spacial score (nSPS) is 12.0. The van der Waals surface area contributed by atoms with Crippen LogP contribution in [0, 0.1) is 12.7 Å². The third kappa shape index (κ3) is 8.64. The molecule has 0 heterocycles. The number of benzene rings is 3. The van der Waals surface area contributed by atoms with Crippen LogP contribution in [0.25, 0.3) is 0 Å². The molecule has 0 aromatic heterocycles. The molecule has 3 rings (SSSR count). The van der Waals surface area contributed by atoms with Crippen LogP contribution in [0.4, 0.5) is 10.1 Å². The van der Waals surface area contributed by atoms with E-state index in [4.69, 9.17) is 0 Å². The van der Waals surface area contributed by atoms with Crippen molar-refractivity contribution >= 4 is 27.5 Å². The minimum Gasteiger partial charge on any atom is -0.355 e. The number of halogens is 1. The molecule has 1 N–H and O–H groups in total. The van der Waals surface area contributed by atoms with Gasteiger partial charge >= 0.3 is 0 Å². The summed E-state index contributed by atoms with van der Waals surface area (Å²) in [5.74, 6) is -0.964. The third-order valence-electron chi connectivity index (χ3n) is 6.49. The fraction of sp³-hybridized carbons (Fsp3) is 0.333. The Hall–Kier alpha value is -3.72. The Bertz CT molecular complexity index is 1350. The number of nitrogens with zero attached hydrogens (tertiary/aromatic N) is 2. The molecule has 208 valence electrons. The molecule has 0 aliphatic carbocycles. The van der Waals surface area contributed by atoms with Crippen molar-refractivity contribution in [2.45, 2.75) is 45.7 Å². The van der Waals surface area contributed by atoms with Gasteiger partial charge in [-0.15, -0.1) is 0 Å². The van der Waals surface area contributed by atoms with E-state index in [9.17, 15) is 22.4 Å². The van der Waals surface area contributed by atoms with Gasteiger partial charge in [-0.3, -0.25) is 13.9 Å². The minimum atomic E-state index is -3.66. The van der Waals surface area contributed by atoms with Crippen molar-refractivity contribution < 1.29 is 22.4 Å². The molecule has 0 aliphatic rings. The first-order chi connectivity index (χ1) is 18.6. The quantitative estimate of drug-likeness (QED) is 0.339. The van der Waals surface area contributed by atoms with Crippen LogP contribution in [-0.2, 0) is 32.6 Å². The fourth-order valence-electron chi connectivity index (χ4n) is 4.43. The largest absolute Gasteiger partial charge is 0.355 e. The Morgan fingerprint density at radius 3 is 2.21 bits per heavy atom. The molecule has 39 heavy (non-hydrogen) atoms. The topological polar surface area (TPSA) is 86.8 Å². The second kappa shape index (κ2) is 13.9. The van der Waals surface area contributed by atoms with Gasteiger partial charge in [-0.1, -0.05) is 54.6 Å². The second-order valence-corrected chi connectivity index (χ2v) is 11.4. The number of sulfonamides is 1. The van der Waals surface area contributed by atoms with E-state index in [0.717, 1.165) is 27.3 Å². The van der Waals surface area contributed by atoms with Crippen molar-refractivity contribution in [3.63, 3.8) is 0 Å². The molecule has 2 amide bonds. The van der Waals surface area contributed by atoms with Crippen molar-refractivity contribution in [2.75, 3.05) is 23.7 Å². The van der Waals surface area contributed by atoms with E-state index in [1.165, 1.54) is 24.3 Å². The highest BCUT2D eigenvalue weighted by Crippen LogP contribution is 2.21. The molecule has 7 nitrogen and oxygen atoms in total. The summed E-state index contributed by atoms with van der Waals surface area (Å²) in [5.41, 5.74) is 3.18. The molecule has 0 radical (unpaired) electrons. The first-order valence-corrected chi connectivity index (χ1v) is 14.8. The van der Waals surface area contributed by atoms with Gasteiger partial charge in [-0.05, 0) is 61.2 Å². The summed E-state index contributed by atoms with van der Waals surface area (Å²) in [7, 11) is -3.66. The Morgan fingerprint density at radius 2 is 1.59 bits per heavy atom. The van der Waals surface area contributed by atoms with Gasteiger partial charge in [0, 0.05) is 32.5 Å². The average Bonchev–Trinajstić information content (AvgIpc) is 2.90. The van der Waals surface area contributed by atoms with Crippen molar-refractivity contribution in [1.29, 1.82) is 0 Å². The summed E-state index contributed by atoms with van der Waals surface area (Å²) in [6.07, 6.45) is 1.67. The van der Waals surface area contributed by atoms with Gasteiger partial charge in [0.05, 0.1) is 11.9 Å². The molecule has 0 saturated heterocycles. The van der Waals surface area contributed by atoms with Crippen LogP contribution in [0.15, 0.2) is 78.9 Å². The summed E-state index contributed by atoms with van der Waals surface area (Å²) in [6.45, 7) is 4.51. The van der Waals surface area contributed by atoms with E-state index >= 15 is 0 Å². The van der Waals surface area contributed by atoms with Gasteiger partial charge in [-0.25, -0.2) is 12.8 Å². The predicted molar refractivity (Wildman–Crippen MR) is 152 cm³/mol. The van der Waals surface area contributed by atoms with Crippen molar-refractivity contribution in [3.05, 3.63) is 101 Å². The van der Waals surface area contributed by atoms with Crippen molar-refractivity contribution in [3.8, 4) is 0 Å². The van der Waals surface area contributed by atoms with Crippen LogP contribution in [0.1, 0.15) is 36.5 Å². The Morgan fingerprint density at radius 1 is 0.949 bits per heavy atom. The molecule has 9 heteroatoms. The Kier molecular flexibility index (Phi) is 10.6. The molecule has 3 aromatic carbocycles. The zero-order chi connectivity index (χ0) is 28.4. The SMILES string of the molecule is CCNC(=O)[C@@H](Cc1ccccc1)N(Cc1ccccc1C)C(=O)CCCN(c1ccc(F)cc1)S(C)(=O)=O. The third-order valence-corrected chi connectivity index (χ3v) is 7.68. The molecule has 0 bridgehead atoms. The highest BCUT2D eigenvalue weighted by atomic mass is 32.2. The van der Waals surface area contributed by atoms with Crippen LogP contribution in [-0.4, -0.2) is 50.5 Å². The number of carbonyl (C=O) groups is 2. The lowest BCUT2D eigenvalue weighted by Gasteiger charge is -2.32. The number of amides is 2. The van der Waals surface area contributed by atoms with Gasteiger partial charge in [0.25, 0.3) is 0 Å². The van der Waals surface area contributed by atoms with Crippen molar-refractivity contribution in [1.82, 2.24) is 10.2 Å². The molecule has 0 unspecified atom stereocenters. The molecular weight excluding hydrogens is 517 g/mol. The lowest BCUT2D eigenvalue weighted by atomic mass is 10.0. The maximum absolute atomic E-state index is 13.7. The molecule has 1 atom stereocenters. The van der Waals surface area contributed by atoms with E-state index < -0.39 is 21.9 Å². The standard InChI is InChI=1S/C30H36FN3O4S/c1-4-32-30(36)28(21-24-12-6-5-7-13-24)33(22-25-14-9-8-11-23(25)2)29(35)15-10-20-34(39(3,37)38)27-18-16-26(31)17-19-27/h5-9,11-14,16-19,28H,4,10,15,20-22H2,1-3H3,(H,32,36)/t28-/m1/s1. The van der Waals surface area contributed by atoms with Crippen LogP contribution < -0.4 is 9.62 Å². The summed E-state index contributed by atoms with van der Waals surface area (Å²) in [6, 6.07) is 21.7. The molecule has 0 aliphatic heterocycles. The fourth-order valence-corrected chi connectivity index (χ4v) is 5.39. The summed E-state index contributed by atoms with van der Waals surface area (Å²) in [4.78, 5) is 28.6. The summed E-state index contributed by atoms with van der Waals surface area (Å²) < 4.78 is 39.5. The van der Waals surface area contributed by atoms with E-state index in [0.29, 0.717) is 18.7 Å².